The maximum atomic E-state index is 12.5. The summed E-state index contributed by atoms with van der Waals surface area (Å²) in [7, 11) is 1.70. The number of nitrogens with zero attached hydrogens (tertiary/aromatic N) is 2. The minimum absolute atomic E-state index is 0.0651. The van der Waals surface area contributed by atoms with Crippen molar-refractivity contribution < 1.29 is 9.50 Å². The highest BCUT2D eigenvalue weighted by molar-refractivity contribution is 5.69. The Morgan fingerprint density at radius 1 is 1.44 bits per heavy atom. The fourth-order valence-corrected chi connectivity index (χ4v) is 1.48. The quantitative estimate of drug-likeness (QED) is 0.813. The number of rotatable bonds is 2. The van der Waals surface area contributed by atoms with Gasteiger partial charge in [0.05, 0.1) is 5.69 Å². The number of alkyl halides is 1. The Labute approximate surface area is 92.1 Å². The van der Waals surface area contributed by atoms with E-state index in [4.69, 9.17) is 5.73 Å². The number of hydrogen-bond acceptors (Lipinski definition) is 3. The van der Waals surface area contributed by atoms with Crippen molar-refractivity contribution in [2.24, 2.45) is 7.05 Å². The van der Waals surface area contributed by atoms with Crippen LogP contribution in [0.5, 0.6) is 5.75 Å². The maximum Gasteiger partial charge on any atom is 0.125 e. The molecule has 0 radical (unpaired) electrons. The lowest BCUT2D eigenvalue weighted by atomic mass is 10.1. The van der Waals surface area contributed by atoms with E-state index in [1.165, 1.54) is 16.8 Å². The first kappa shape index (κ1) is 10.5. The predicted octanol–water partition coefficient (Wildman–Crippen LogP) is 1.84. The molecule has 0 spiro atoms. The van der Waals surface area contributed by atoms with E-state index in [9.17, 15) is 9.50 Å². The molecule has 2 aromatic rings. The van der Waals surface area contributed by atoms with Crippen molar-refractivity contribution in [2.45, 2.75) is 6.67 Å². The molecule has 1 aromatic carbocycles. The molecule has 4 nitrogen and oxygen atoms in total. The van der Waals surface area contributed by atoms with Crippen LogP contribution in [0.25, 0.3) is 11.3 Å². The van der Waals surface area contributed by atoms with Crippen LogP contribution in [0, 0.1) is 0 Å². The molecule has 5 heteroatoms. The summed E-state index contributed by atoms with van der Waals surface area (Å²) < 4.78 is 14.0. The zero-order valence-electron chi connectivity index (χ0n) is 8.81. The van der Waals surface area contributed by atoms with Crippen molar-refractivity contribution in [3.63, 3.8) is 0 Å². The van der Waals surface area contributed by atoms with E-state index < -0.39 is 6.67 Å². The van der Waals surface area contributed by atoms with Crippen molar-refractivity contribution in [1.29, 1.82) is 0 Å². The fourth-order valence-electron chi connectivity index (χ4n) is 1.48. The van der Waals surface area contributed by atoms with Crippen LogP contribution >= 0.6 is 0 Å². The van der Waals surface area contributed by atoms with E-state index in [1.807, 2.05) is 0 Å². The lowest BCUT2D eigenvalue weighted by molar-refractivity contribution is 0.471. The molecule has 0 unspecified atom stereocenters. The summed E-state index contributed by atoms with van der Waals surface area (Å²) in [5, 5.41) is 13.8. The summed E-state index contributed by atoms with van der Waals surface area (Å²) >= 11 is 0. The number of aryl methyl sites for hydroxylation is 1. The van der Waals surface area contributed by atoms with Gasteiger partial charge in [0.25, 0.3) is 0 Å². The van der Waals surface area contributed by atoms with Gasteiger partial charge in [-0.05, 0) is 17.7 Å². The van der Waals surface area contributed by atoms with Crippen LogP contribution in [0.1, 0.15) is 5.56 Å². The summed E-state index contributed by atoms with van der Waals surface area (Å²) in [6.07, 6.45) is 0. The predicted molar refractivity (Wildman–Crippen MR) is 59.5 cm³/mol. The van der Waals surface area contributed by atoms with Gasteiger partial charge in [-0.15, -0.1) is 0 Å². The average molecular weight is 221 g/mol. The number of phenols is 1. The van der Waals surface area contributed by atoms with E-state index in [2.05, 4.69) is 5.10 Å². The Morgan fingerprint density at radius 2 is 2.19 bits per heavy atom. The Kier molecular flexibility index (Phi) is 2.52. The van der Waals surface area contributed by atoms with Gasteiger partial charge in [-0.25, -0.2) is 4.39 Å². The van der Waals surface area contributed by atoms with Crippen LogP contribution in [-0.2, 0) is 13.7 Å². The van der Waals surface area contributed by atoms with Gasteiger partial charge in [0, 0.05) is 18.7 Å². The molecular weight excluding hydrogens is 209 g/mol. The summed E-state index contributed by atoms with van der Waals surface area (Å²) in [6.45, 7) is -0.574. The summed E-state index contributed by atoms with van der Waals surface area (Å²) in [4.78, 5) is 0. The molecule has 3 N–H and O–H groups in total. The molecule has 0 aliphatic carbocycles. The third-order valence-electron chi connectivity index (χ3n) is 2.41. The van der Waals surface area contributed by atoms with E-state index in [0.717, 1.165) is 0 Å². The number of nitrogen functional groups attached to an aromatic ring is 1. The highest BCUT2D eigenvalue weighted by Gasteiger charge is 2.10. The van der Waals surface area contributed by atoms with Gasteiger partial charge < -0.3 is 10.8 Å². The van der Waals surface area contributed by atoms with Gasteiger partial charge in [-0.2, -0.15) is 5.10 Å². The third kappa shape index (κ3) is 1.71. The van der Waals surface area contributed by atoms with Crippen molar-refractivity contribution in [2.75, 3.05) is 5.73 Å². The molecule has 16 heavy (non-hydrogen) atoms. The molecule has 0 bridgehead atoms. The maximum absolute atomic E-state index is 12.5. The number of nitrogens with two attached hydrogens (primary N) is 1. The molecule has 2 rings (SSSR count). The van der Waals surface area contributed by atoms with E-state index in [-0.39, 0.29) is 5.75 Å². The van der Waals surface area contributed by atoms with Gasteiger partial charge >= 0.3 is 0 Å². The molecule has 0 aliphatic heterocycles. The largest absolute Gasteiger partial charge is 0.507 e. The smallest absolute Gasteiger partial charge is 0.125 e. The fraction of sp³-hybridized carbons (Fsp3) is 0.182. The lowest BCUT2D eigenvalue weighted by Gasteiger charge is -2.02. The molecule has 0 saturated carbocycles. The Balaban J connectivity index is 2.54. The standard InChI is InChI=1S/C11H12FN3O/c1-15-11(13)5-9(14-15)8-4-7(6-12)2-3-10(8)16/h2-5,16H,6,13H2,1H3. The molecule has 1 aromatic heterocycles. The first-order valence-corrected chi connectivity index (χ1v) is 4.79. The zero-order valence-corrected chi connectivity index (χ0v) is 8.81. The Hall–Kier alpha value is -2.04. The number of aromatic nitrogens is 2. The highest BCUT2D eigenvalue weighted by atomic mass is 19.1. The van der Waals surface area contributed by atoms with E-state index in [1.54, 1.807) is 19.2 Å². The molecule has 0 fully saturated rings. The second-order valence-electron chi connectivity index (χ2n) is 3.56. The summed E-state index contributed by atoms with van der Waals surface area (Å²) in [5.41, 5.74) is 7.16. The molecule has 1 heterocycles. The van der Waals surface area contributed by atoms with Crippen LogP contribution < -0.4 is 5.73 Å². The number of hydrogen-bond donors (Lipinski definition) is 2. The van der Waals surface area contributed by atoms with Gasteiger partial charge in [0.15, 0.2) is 0 Å². The molecule has 0 saturated heterocycles. The molecule has 0 aliphatic rings. The monoisotopic (exact) mass is 221 g/mol. The van der Waals surface area contributed by atoms with Crippen molar-refractivity contribution >= 4 is 5.82 Å². The van der Waals surface area contributed by atoms with Crippen LogP contribution in [0.4, 0.5) is 10.2 Å². The number of aromatic hydroxyl groups is 1. The minimum Gasteiger partial charge on any atom is -0.507 e. The van der Waals surface area contributed by atoms with Gasteiger partial charge in [0.1, 0.15) is 18.2 Å². The molecule has 0 amide bonds. The second-order valence-corrected chi connectivity index (χ2v) is 3.56. The molecule has 0 atom stereocenters. The van der Waals surface area contributed by atoms with Crippen LogP contribution in [-0.4, -0.2) is 14.9 Å². The molecular formula is C11H12FN3O. The van der Waals surface area contributed by atoms with Crippen LogP contribution in [0.3, 0.4) is 0 Å². The topological polar surface area (TPSA) is 64.1 Å². The van der Waals surface area contributed by atoms with Gasteiger partial charge in [0.2, 0.25) is 0 Å². The summed E-state index contributed by atoms with van der Waals surface area (Å²) in [5.74, 6) is 0.551. The van der Waals surface area contributed by atoms with Crippen molar-refractivity contribution in [3.05, 3.63) is 29.8 Å². The zero-order chi connectivity index (χ0) is 11.7. The van der Waals surface area contributed by atoms with Crippen LogP contribution in [0.2, 0.25) is 0 Å². The van der Waals surface area contributed by atoms with Gasteiger partial charge in [-0.1, -0.05) is 6.07 Å². The molecule has 84 valence electrons. The second kappa shape index (κ2) is 3.84. The van der Waals surface area contributed by atoms with Gasteiger partial charge in [-0.3, -0.25) is 4.68 Å². The number of anilines is 1. The van der Waals surface area contributed by atoms with Crippen LogP contribution in [0.15, 0.2) is 24.3 Å². The summed E-state index contributed by atoms with van der Waals surface area (Å²) in [6, 6.07) is 6.19. The van der Waals surface area contributed by atoms with Crippen molar-refractivity contribution in [1.82, 2.24) is 9.78 Å². The van der Waals surface area contributed by atoms with E-state index >= 15 is 0 Å². The SMILES string of the molecule is Cn1nc(-c2cc(CF)ccc2O)cc1N. The highest BCUT2D eigenvalue weighted by Crippen LogP contribution is 2.30. The minimum atomic E-state index is -0.574. The first-order valence-electron chi connectivity index (χ1n) is 4.79. The normalized spacial score (nSPS) is 10.6. The Bertz CT molecular complexity index is 502. The number of phenolic OH excluding ortho intramolecular Hbond substituents is 1. The van der Waals surface area contributed by atoms with Crippen molar-refractivity contribution in [3.8, 4) is 17.0 Å². The number of halogens is 1. The number of benzene rings is 1. The average Bonchev–Trinajstić information content (AvgIpc) is 2.60. The Morgan fingerprint density at radius 3 is 2.75 bits per heavy atom. The lowest BCUT2D eigenvalue weighted by Crippen LogP contribution is -1.96. The van der Waals surface area contributed by atoms with E-state index in [0.29, 0.717) is 22.6 Å². The third-order valence-corrected chi connectivity index (χ3v) is 2.41. The first-order chi connectivity index (χ1) is 7.61.